The number of halogens is 1. The topological polar surface area (TPSA) is 89.4 Å². The van der Waals surface area contributed by atoms with Gasteiger partial charge in [-0.05, 0) is 18.4 Å². The quantitative estimate of drug-likeness (QED) is 0.612. The minimum atomic E-state index is -0.442. The normalized spacial score (nSPS) is 11.6. The summed E-state index contributed by atoms with van der Waals surface area (Å²) >= 11 is 0. The Morgan fingerprint density at radius 1 is 1.50 bits per heavy atom. The first-order valence-corrected chi connectivity index (χ1v) is 4.76. The van der Waals surface area contributed by atoms with Gasteiger partial charge in [-0.25, -0.2) is 0 Å². The zero-order valence-corrected chi connectivity index (χ0v) is 9.52. The maximum absolute atomic E-state index is 10.5. The number of nitro benzene ring substituents is 1. The van der Waals surface area contributed by atoms with Crippen LogP contribution in [0.3, 0.4) is 0 Å². The molecule has 0 fully saturated rings. The molecule has 90 valence electrons. The zero-order chi connectivity index (χ0) is 11.3. The Morgan fingerprint density at radius 3 is 2.75 bits per heavy atom. The maximum atomic E-state index is 10.5. The molecule has 0 radical (unpaired) electrons. The van der Waals surface area contributed by atoms with Gasteiger partial charge >= 0.3 is 0 Å². The van der Waals surface area contributed by atoms with E-state index in [0.29, 0.717) is 12.8 Å². The van der Waals surface area contributed by atoms with Crippen molar-refractivity contribution in [2.45, 2.75) is 18.9 Å². The molecule has 5 nitrogen and oxygen atoms in total. The molecule has 0 saturated carbocycles. The van der Waals surface area contributed by atoms with Crippen molar-refractivity contribution in [3.63, 3.8) is 0 Å². The summed E-state index contributed by atoms with van der Waals surface area (Å²) in [5.74, 6) is 0. The Hall–Kier alpha value is -1.17. The molecule has 1 aromatic rings. The lowest BCUT2D eigenvalue weighted by atomic mass is 10.0. The molecular weight excluding hydrogens is 232 g/mol. The molecule has 0 bridgehead atoms. The Labute approximate surface area is 99.8 Å². The van der Waals surface area contributed by atoms with Gasteiger partial charge in [0.05, 0.1) is 4.92 Å². The highest BCUT2D eigenvalue weighted by Gasteiger charge is 2.10. The third-order valence-electron chi connectivity index (χ3n) is 2.18. The van der Waals surface area contributed by atoms with Crippen LogP contribution in [0.25, 0.3) is 0 Å². The lowest BCUT2D eigenvalue weighted by Crippen LogP contribution is -2.10. The van der Waals surface area contributed by atoms with Crippen molar-refractivity contribution >= 4 is 18.1 Å². The Bertz CT molecular complexity index is 347. The molecule has 16 heavy (non-hydrogen) atoms. The third kappa shape index (κ3) is 4.14. The number of nitrogens with zero attached hydrogens (tertiary/aromatic N) is 1. The summed E-state index contributed by atoms with van der Waals surface area (Å²) in [5, 5.41) is 19.2. The molecule has 0 aliphatic heterocycles. The molecule has 0 heterocycles. The van der Waals surface area contributed by atoms with Gasteiger partial charge in [0.2, 0.25) is 0 Å². The minimum Gasteiger partial charge on any atom is -0.396 e. The predicted octanol–water partition coefficient (Wildman–Crippen LogP) is 1.79. The molecule has 0 amide bonds. The smallest absolute Gasteiger partial charge is 0.269 e. The van der Waals surface area contributed by atoms with Crippen LogP contribution in [-0.4, -0.2) is 16.6 Å². The summed E-state index contributed by atoms with van der Waals surface area (Å²) in [6, 6.07) is 6.03. The van der Waals surface area contributed by atoms with Crippen molar-refractivity contribution in [3.8, 4) is 0 Å². The molecule has 0 aliphatic carbocycles. The Kier molecular flexibility index (Phi) is 6.64. The number of nitro groups is 1. The lowest BCUT2D eigenvalue weighted by molar-refractivity contribution is -0.384. The number of hydrogen-bond donors (Lipinski definition) is 2. The average Bonchev–Trinajstić information content (AvgIpc) is 2.26. The van der Waals surface area contributed by atoms with Crippen LogP contribution in [-0.2, 0) is 0 Å². The van der Waals surface area contributed by atoms with Crippen LogP contribution in [0.4, 0.5) is 5.69 Å². The standard InChI is InChI=1S/C10H14N2O3.ClH/c11-10(5-2-6-13)8-3-1-4-9(7-8)12(14)15;/h1,3-4,7,10,13H,2,5-6,11H2;1H/t10-;/m1./s1. The first kappa shape index (κ1) is 14.8. The Balaban J connectivity index is 0.00000225. The number of nitrogens with two attached hydrogens (primary N) is 1. The van der Waals surface area contributed by atoms with Gasteiger partial charge in [0.1, 0.15) is 0 Å². The predicted molar refractivity (Wildman–Crippen MR) is 63.6 cm³/mol. The van der Waals surface area contributed by atoms with E-state index in [1.807, 2.05) is 0 Å². The van der Waals surface area contributed by atoms with E-state index in [0.717, 1.165) is 5.56 Å². The summed E-state index contributed by atoms with van der Waals surface area (Å²) in [7, 11) is 0. The van der Waals surface area contributed by atoms with Crippen LogP contribution >= 0.6 is 12.4 Å². The van der Waals surface area contributed by atoms with Gasteiger partial charge in [-0.3, -0.25) is 10.1 Å². The Morgan fingerprint density at radius 2 is 2.19 bits per heavy atom. The number of non-ortho nitro benzene ring substituents is 1. The van der Waals surface area contributed by atoms with Crippen LogP contribution in [0.2, 0.25) is 0 Å². The molecular formula is C10H15ClN2O3. The van der Waals surface area contributed by atoms with Crippen LogP contribution < -0.4 is 5.73 Å². The molecule has 1 atom stereocenters. The molecule has 1 rings (SSSR count). The van der Waals surface area contributed by atoms with Gasteiger partial charge in [-0.2, -0.15) is 0 Å². The van der Waals surface area contributed by atoms with Gasteiger partial charge in [0.25, 0.3) is 5.69 Å². The molecule has 0 aliphatic rings. The fourth-order valence-corrected chi connectivity index (χ4v) is 1.35. The second-order valence-corrected chi connectivity index (χ2v) is 3.32. The summed E-state index contributed by atoms with van der Waals surface area (Å²) in [5.41, 5.74) is 6.60. The number of benzene rings is 1. The van der Waals surface area contributed by atoms with Gasteiger partial charge in [-0.1, -0.05) is 12.1 Å². The lowest BCUT2D eigenvalue weighted by Gasteiger charge is -2.10. The molecule has 0 unspecified atom stereocenters. The minimum absolute atomic E-state index is 0. The largest absolute Gasteiger partial charge is 0.396 e. The van der Waals surface area contributed by atoms with E-state index in [1.54, 1.807) is 12.1 Å². The zero-order valence-electron chi connectivity index (χ0n) is 8.70. The van der Waals surface area contributed by atoms with Gasteiger partial charge in [0, 0.05) is 24.8 Å². The number of aliphatic hydroxyl groups is 1. The van der Waals surface area contributed by atoms with Gasteiger partial charge < -0.3 is 10.8 Å². The second-order valence-electron chi connectivity index (χ2n) is 3.32. The van der Waals surface area contributed by atoms with Crippen molar-refractivity contribution < 1.29 is 10.0 Å². The molecule has 3 N–H and O–H groups in total. The van der Waals surface area contributed by atoms with E-state index in [4.69, 9.17) is 10.8 Å². The van der Waals surface area contributed by atoms with E-state index in [2.05, 4.69) is 0 Å². The van der Waals surface area contributed by atoms with Crippen molar-refractivity contribution in [2.75, 3.05) is 6.61 Å². The molecule has 1 aromatic carbocycles. The number of aliphatic hydroxyl groups excluding tert-OH is 1. The molecule has 6 heteroatoms. The van der Waals surface area contributed by atoms with E-state index in [9.17, 15) is 10.1 Å². The highest BCUT2D eigenvalue weighted by molar-refractivity contribution is 5.85. The second kappa shape index (κ2) is 7.16. The van der Waals surface area contributed by atoms with Gasteiger partial charge in [-0.15, -0.1) is 12.4 Å². The monoisotopic (exact) mass is 246 g/mol. The number of rotatable bonds is 5. The van der Waals surface area contributed by atoms with E-state index in [-0.39, 0.29) is 30.7 Å². The summed E-state index contributed by atoms with van der Waals surface area (Å²) in [6.07, 6.45) is 1.22. The number of hydrogen-bond acceptors (Lipinski definition) is 4. The van der Waals surface area contributed by atoms with Crippen LogP contribution in [0.5, 0.6) is 0 Å². The fraction of sp³-hybridized carbons (Fsp3) is 0.400. The molecule has 0 saturated heterocycles. The highest BCUT2D eigenvalue weighted by Crippen LogP contribution is 2.20. The van der Waals surface area contributed by atoms with Crippen molar-refractivity contribution in [3.05, 3.63) is 39.9 Å². The fourth-order valence-electron chi connectivity index (χ4n) is 1.35. The first-order valence-electron chi connectivity index (χ1n) is 4.76. The summed E-state index contributed by atoms with van der Waals surface area (Å²) < 4.78 is 0. The van der Waals surface area contributed by atoms with E-state index >= 15 is 0 Å². The maximum Gasteiger partial charge on any atom is 0.269 e. The van der Waals surface area contributed by atoms with Crippen molar-refractivity contribution in [1.82, 2.24) is 0 Å². The highest BCUT2D eigenvalue weighted by atomic mass is 35.5. The SMILES string of the molecule is Cl.N[C@H](CCCO)c1cccc([N+](=O)[O-])c1. The molecule has 0 spiro atoms. The summed E-state index contributed by atoms with van der Waals surface area (Å²) in [4.78, 5) is 10.1. The van der Waals surface area contributed by atoms with Crippen LogP contribution in [0.1, 0.15) is 24.4 Å². The average molecular weight is 247 g/mol. The van der Waals surface area contributed by atoms with Gasteiger partial charge in [0.15, 0.2) is 0 Å². The van der Waals surface area contributed by atoms with Crippen molar-refractivity contribution in [2.24, 2.45) is 5.73 Å². The van der Waals surface area contributed by atoms with Crippen LogP contribution in [0, 0.1) is 10.1 Å². The van der Waals surface area contributed by atoms with E-state index in [1.165, 1.54) is 12.1 Å². The third-order valence-corrected chi connectivity index (χ3v) is 2.18. The first-order chi connectivity index (χ1) is 7.15. The van der Waals surface area contributed by atoms with Crippen molar-refractivity contribution in [1.29, 1.82) is 0 Å². The van der Waals surface area contributed by atoms with Crippen LogP contribution in [0.15, 0.2) is 24.3 Å². The van der Waals surface area contributed by atoms with E-state index < -0.39 is 4.92 Å². The molecule has 0 aromatic heterocycles. The summed E-state index contributed by atoms with van der Waals surface area (Å²) in [6.45, 7) is 0.0859.